The number of urea groups is 1. The Hall–Kier alpha value is -3.10. The molecule has 0 saturated heterocycles. The van der Waals surface area contributed by atoms with Gasteiger partial charge in [-0.15, -0.1) is 0 Å². The number of pyridine rings is 1. The average molecular weight is 407 g/mol. The molecule has 2 aromatic rings. The number of anilines is 1. The zero-order valence-electron chi connectivity index (χ0n) is 15.7. The smallest absolute Gasteiger partial charge is 0.389 e. The number of carbonyl (C=O) groups excluding carboxylic acids is 2. The summed E-state index contributed by atoms with van der Waals surface area (Å²) in [6, 6.07) is 6.64. The summed E-state index contributed by atoms with van der Waals surface area (Å²) >= 11 is 0. The minimum Gasteiger partial charge on any atom is -0.463 e. The Labute approximate surface area is 165 Å². The Morgan fingerprint density at radius 3 is 2.69 bits per heavy atom. The highest BCUT2D eigenvalue weighted by Crippen LogP contribution is 2.39. The second-order valence-corrected chi connectivity index (χ2v) is 6.65. The molecule has 1 aromatic heterocycles. The molecule has 0 fully saturated rings. The minimum absolute atomic E-state index is 0.0300. The van der Waals surface area contributed by atoms with Crippen molar-refractivity contribution in [2.24, 2.45) is 5.92 Å². The van der Waals surface area contributed by atoms with Crippen LogP contribution in [0.25, 0.3) is 10.8 Å². The van der Waals surface area contributed by atoms with Crippen LogP contribution >= 0.6 is 0 Å². The maximum atomic E-state index is 12.9. The number of hydrogen-bond donors (Lipinski definition) is 2. The molecule has 9 heteroatoms. The van der Waals surface area contributed by atoms with Crippen LogP contribution in [0.4, 0.5) is 23.7 Å². The molecule has 1 atom stereocenters. The summed E-state index contributed by atoms with van der Waals surface area (Å²) in [5, 5.41) is 6.76. The lowest BCUT2D eigenvalue weighted by atomic mass is 9.97. The topological polar surface area (TPSA) is 80.3 Å². The van der Waals surface area contributed by atoms with Crippen molar-refractivity contribution in [2.45, 2.75) is 32.4 Å². The van der Waals surface area contributed by atoms with Crippen LogP contribution < -0.4 is 10.6 Å². The summed E-state index contributed by atoms with van der Waals surface area (Å²) in [6.45, 7) is 1.60. The minimum atomic E-state index is -4.42. The molecule has 1 aromatic carbocycles. The van der Waals surface area contributed by atoms with E-state index < -0.39 is 30.5 Å². The van der Waals surface area contributed by atoms with Crippen molar-refractivity contribution in [3.8, 4) is 0 Å². The van der Waals surface area contributed by atoms with E-state index in [0.29, 0.717) is 5.69 Å². The van der Waals surface area contributed by atoms with E-state index in [1.807, 2.05) is 24.3 Å². The molecule has 1 aliphatic carbocycles. The number of aromatic nitrogens is 1. The zero-order valence-corrected chi connectivity index (χ0v) is 15.7. The molecule has 154 valence electrons. The SMILES string of the molecule is CCOC(=O)C1=C(NC(=O)Nc2cncc3ccccc23)CCC1CC(F)(F)F. The van der Waals surface area contributed by atoms with Gasteiger partial charge in [-0.2, -0.15) is 13.2 Å². The molecule has 3 rings (SSSR count). The Morgan fingerprint density at radius 2 is 1.97 bits per heavy atom. The van der Waals surface area contributed by atoms with Gasteiger partial charge in [-0.1, -0.05) is 24.3 Å². The van der Waals surface area contributed by atoms with Gasteiger partial charge in [-0.25, -0.2) is 9.59 Å². The second-order valence-electron chi connectivity index (χ2n) is 6.65. The van der Waals surface area contributed by atoms with Gasteiger partial charge in [-0.05, 0) is 19.8 Å². The van der Waals surface area contributed by atoms with Crippen molar-refractivity contribution >= 4 is 28.5 Å². The highest BCUT2D eigenvalue weighted by atomic mass is 19.4. The molecule has 2 N–H and O–H groups in total. The van der Waals surface area contributed by atoms with Crippen molar-refractivity contribution in [3.05, 3.63) is 47.9 Å². The molecule has 1 heterocycles. The second kappa shape index (κ2) is 8.50. The molecule has 0 bridgehead atoms. The molecule has 0 saturated carbocycles. The Balaban J connectivity index is 1.81. The first kappa shape index (κ1) is 20.6. The van der Waals surface area contributed by atoms with Crippen LogP contribution in [0.3, 0.4) is 0 Å². The molecule has 0 aliphatic heterocycles. The Kier molecular flexibility index (Phi) is 6.05. The highest BCUT2D eigenvalue weighted by Gasteiger charge is 2.40. The number of esters is 1. The van der Waals surface area contributed by atoms with Gasteiger partial charge in [0.1, 0.15) is 0 Å². The summed E-state index contributed by atoms with van der Waals surface area (Å²) in [5.41, 5.74) is 0.488. The molecule has 0 spiro atoms. The van der Waals surface area contributed by atoms with E-state index >= 15 is 0 Å². The summed E-state index contributed by atoms with van der Waals surface area (Å²) in [5.74, 6) is -1.87. The maximum absolute atomic E-state index is 12.9. The van der Waals surface area contributed by atoms with E-state index in [1.165, 1.54) is 6.20 Å². The van der Waals surface area contributed by atoms with Crippen molar-refractivity contribution in [2.75, 3.05) is 11.9 Å². The van der Waals surface area contributed by atoms with Crippen LogP contribution in [-0.2, 0) is 9.53 Å². The third-order valence-electron chi connectivity index (χ3n) is 4.63. The predicted octanol–water partition coefficient (Wildman–Crippen LogP) is 4.54. The number of allylic oxidation sites excluding steroid dienone is 1. The van der Waals surface area contributed by atoms with Crippen LogP contribution in [0.1, 0.15) is 26.2 Å². The number of nitrogens with zero attached hydrogens (tertiary/aromatic N) is 1. The first-order valence-electron chi connectivity index (χ1n) is 9.16. The van der Waals surface area contributed by atoms with Gasteiger partial charge in [0.2, 0.25) is 0 Å². The predicted molar refractivity (Wildman–Crippen MR) is 101 cm³/mol. The molecule has 29 heavy (non-hydrogen) atoms. The first-order valence-corrected chi connectivity index (χ1v) is 9.16. The fraction of sp³-hybridized carbons (Fsp3) is 0.350. The quantitative estimate of drug-likeness (QED) is 0.714. The van der Waals surface area contributed by atoms with Gasteiger partial charge >= 0.3 is 18.2 Å². The van der Waals surface area contributed by atoms with Crippen molar-refractivity contribution in [1.82, 2.24) is 10.3 Å². The van der Waals surface area contributed by atoms with Gasteiger partial charge in [0.25, 0.3) is 0 Å². The summed E-state index contributed by atoms with van der Waals surface area (Å²) in [6.07, 6.45) is -2.17. The first-order chi connectivity index (χ1) is 13.8. The third-order valence-corrected chi connectivity index (χ3v) is 4.63. The van der Waals surface area contributed by atoms with Gasteiger partial charge in [-0.3, -0.25) is 4.98 Å². The van der Waals surface area contributed by atoms with Crippen LogP contribution in [0.15, 0.2) is 47.9 Å². The number of benzene rings is 1. The normalized spacial score (nSPS) is 16.8. The van der Waals surface area contributed by atoms with Gasteiger partial charge in [0, 0.05) is 28.6 Å². The fourth-order valence-electron chi connectivity index (χ4n) is 3.46. The number of ether oxygens (including phenoxy) is 1. The van der Waals surface area contributed by atoms with Gasteiger partial charge < -0.3 is 15.4 Å². The summed E-state index contributed by atoms with van der Waals surface area (Å²) < 4.78 is 43.5. The summed E-state index contributed by atoms with van der Waals surface area (Å²) in [4.78, 5) is 28.8. The molecule has 1 aliphatic rings. The van der Waals surface area contributed by atoms with E-state index in [1.54, 1.807) is 13.1 Å². The molecule has 1 unspecified atom stereocenters. The molecular weight excluding hydrogens is 387 g/mol. The Bertz CT molecular complexity index is 951. The third kappa shape index (κ3) is 5.04. The molecule has 2 amide bonds. The van der Waals surface area contributed by atoms with Crippen LogP contribution in [0.2, 0.25) is 0 Å². The average Bonchev–Trinajstić information content (AvgIpc) is 3.02. The van der Waals surface area contributed by atoms with E-state index in [-0.39, 0.29) is 30.7 Å². The molecule has 0 radical (unpaired) electrons. The maximum Gasteiger partial charge on any atom is 0.389 e. The Morgan fingerprint density at radius 1 is 1.21 bits per heavy atom. The monoisotopic (exact) mass is 407 g/mol. The van der Waals surface area contributed by atoms with Crippen LogP contribution in [-0.4, -0.2) is 29.8 Å². The van der Waals surface area contributed by atoms with E-state index in [9.17, 15) is 22.8 Å². The molecular formula is C20H20F3N3O3. The van der Waals surface area contributed by atoms with Crippen molar-refractivity contribution < 1.29 is 27.5 Å². The number of halogens is 3. The standard InChI is InChI=1S/C20H20F3N3O3/c1-2-29-18(27)17-12(9-20(21,22)23)7-8-15(17)25-19(28)26-16-11-24-10-13-5-3-4-6-14(13)16/h3-6,10-12H,2,7-9H2,1H3,(H2,25,26,28). The number of hydrogen-bond acceptors (Lipinski definition) is 4. The largest absolute Gasteiger partial charge is 0.463 e. The number of rotatable bonds is 5. The lowest BCUT2D eigenvalue weighted by Gasteiger charge is -2.16. The highest BCUT2D eigenvalue weighted by molar-refractivity contribution is 6.02. The zero-order chi connectivity index (χ0) is 21.0. The fourth-order valence-corrected chi connectivity index (χ4v) is 3.46. The van der Waals surface area contributed by atoms with Gasteiger partial charge in [0.15, 0.2) is 0 Å². The lowest BCUT2D eigenvalue weighted by Crippen LogP contribution is -2.30. The van der Waals surface area contributed by atoms with Crippen molar-refractivity contribution in [1.29, 1.82) is 0 Å². The van der Waals surface area contributed by atoms with Crippen LogP contribution in [0, 0.1) is 5.92 Å². The van der Waals surface area contributed by atoms with E-state index in [4.69, 9.17) is 4.74 Å². The number of fused-ring (bicyclic) bond motifs is 1. The van der Waals surface area contributed by atoms with Crippen molar-refractivity contribution in [3.63, 3.8) is 0 Å². The number of amides is 2. The lowest BCUT2D eigenvalue weighted by molar-refractivity contribution is -0.146. The van der Waals surface area contributed by atoms with E-state index in [2.05, 4.69) is 15.6 Å². The number of alkyl halides is 3. The van der Waals surface area contributed by atoms with Gasteiger partial charge in [0.05, 0.1) is 30.5 Å². The molecule has 6 nitrogen and oxygen atoms in total. The number of nitrogens with one attached hydrogen (secondary N) is 2. The number of carbonyl (C=O) groups is 2. The van der Waals surface area contributed by atoms with Crippen LogP contribution in [0.5, 0.6) is 0 Å². The van der Waals surface area contributed by atoms with E-state index in [0.717, 1.165) is 10.8 Å². The summed E-state index contributed by atoms with van der Waals surface area (Å²) in [7, 11) is 0.